The number of nitrogen functional groups attached to an aromatic ring is 1. The molecule has 0 aliphatic heterocycles. The molecule has 0 aliphatic rings. The lowest BCUT2D eigenvalue weighted by molar-refractivity contribution is 0.532. The number of nitrogens with two attached hydrogens (primary N) is 1. The van der Waals surface area contributed by atoms with E-state index < -0.39 is 17.4 Å². The highest BCUT2D eigenvalue weighted by Gasteiger charge is 2.23. The van der Waals surface area contributed by atoms with E-state index >= 15 is 0 Å². The van der Waals surface area contributed by atoms with Gasteiger partial charge in [-0.2, -0.15) is 5.10 Å². The first kappa shape index (κ1) is 20.3. The van der Waals surface area contributed by atoms with Crippen molar-refractivity contribution >= 4 is 22.4 Å². The molecule has 0 saturated carbocycles. The van der Waals surface area contributed by atoms with E-state index in [9.17, 15) is 9.18 Å². The zero-order valence-electron chi connectivity index (χ0n) is 17.6. The van der Waals surface area contributed by atoms with Gasteiger partial charge in [0.2, 0.25) is 5.89 Å². The van der Waals surface area contributed by atoms with Gasteiger partial charge in [0.1, 0.15) is 29.3 Å². The number of rotatable bonds is 5. The normalized spacial score (nSPS) is 12.2. The fourth-order valence-corrected chi connectivity index (χ4v) is 3.67. The highest BCUT2D eigenvalue weighted by Crippen LogP contribution is 2.32. The van der Waals surface area contributed by atoms with Gasteiger partial charge < -0.3 is 15.5 Å². The molecule has 5 aromatic rings. The summed E-state index contributed by atoms with van der Waals surface area (Å²) in [5.74, 6) is 0.713. The smallest absolute Gasteiger partial charge is 0.267 e. The van der Waals surface area contributed by atoms with E-state index in [0.29, 0.717) is 34.2 Å². The molecule has 12 heteroatoms. The Balaban J connectivity index is 1.66. The molecule has 0 bridgehead atoms. The Kier molecular flexibility index (Phi) is 4.81. The second-order valence-corrected chi connectivity index (χ2v) is 7.32. The van der Waals surface area contributed by atoms with Gasteiger partial charge in [-0.15, -0.1) is 10.2 Å². The molecule has 0 amide bonds. The SMILES string of the molecule is Cc1nnc(-c2c(N)ncnc2N[C@@H](C)c2cc3cccc(F)c3c(=O)n2-c2cc[nH]n2)o1. The van der Waals surface area contributed by atoms with Crippen LogP contribution in [-0.4, -0.2) is 34.9 Å². The molecule has 0 unspecified atom stereocenters. The molecule has 4 N–H and O–H groups in total. The highest BCUT2D eigenvalue weighted by molar-refractivity contribution is 5.83. The number of nitrogens with zero attached hydrogens (tertiary/aromatic N) is 6. The van der Waals surface area contributed by atoms with Crippen LogP contribution in [0.4, 0.5) is 16.0 Å². The van der Waals surface area contributed by atoms with Crippen molar-refractivity contribution in [1.29, 1.82) is 0 Å². The van der Waals surface area contributed by atoms with Crippen LogP contribution in [0.15, 0.2) is 52.1 Å². The average molecular weight is 447 g/mol. The summed E-state index contributed by atoms with van der Waals surface area (Å²) in [6.07, 6.45) is 2.88. The summed E-state index contributed by atoms with van der Waals surface area (Å²) in [6, 6.07) is 7.34. The first-order valence-corrected chi connectivity index (χ1v) is 9.96. The number of hydrogen-bond acceptors (Lipinski definition) is 9. The third kappa shape index (κ3) is 3.46. The van der Waals surface area contributed by atoms with Crippen molar-refractivity contribution in [1.82, 2.24) is 34.9 Å². The van der Waals surface area contributed by atoms with Gasteiger partial charge in [-0.1, -0.05) is 12.1 Å². The summed E-state index contributed by atoms with van der Waals surface area (Å²) in [7, 11) is 0. The molecule has 0 spiro atoms. The third-order valence-corrected chi connectivity index (χ3v) is 5.15. The van der Waals surface area contributed by atoms with Crippen molar-refractivity contribution in [2.45, 2.75) is 19.9 Å². The largest absolute Gasteiger partial charge is 0.421 e. The quantitative estimate of drug-likeness (QED) is 0.369. The molecule has 0 aliphatic carbocycles. The van der Waals surface area contributed by atoms with Gasteiger partial charge >= 0.3 is 0 Å². The predicted molar refractivity (Wildman–Crippen MR) is 118 cm³/mol. The minimum Gasteiger partial charge on any atom is -0.421 e. The Morgan fingerprint density at radius 1 is 1.24 bits per heavy atom. The number of fused-ring (bicyclic) bond motifs is 1. The summed E-state index contributed by atoms with van der Waals surface area (Å²) in [5.41, 5.74) is 6.40. The van der Waals surface area contributed by atoms with Crippen molar-refractivity contribution in [2.24, 2.45) is 0 Å². The third-order valence-electron chi connectivity index (χ3n) is 5.15. The number of pyridine rings is 1. The van der Waals surface area contributed by atoms with Crippen LogP contribution in [0.2, 0.25) is 0 Å². The van der Waals surface area contributed by atoms with Gasteiger partial charge in [-0.25, -0.2) is 14.4 Å². The van der Waals surface area contributed by atoms with Crippen LogP contribution in [0.3, 0.4) is 0 Å². The lowest BCUT2D eigenvalue weighted by Gasteiger charge is -2.21. The minimum atomic E-state index is -0.605. The average Bonchev–Trinajstić information content (AvgIpc) is 3.45. The zero-order valence-corrected chi connectivity index (χ0v) is 17.6. The van der Waals surface area contributed by atoms with E-state index in [-0.39, 0.29) is 17.1 Å². The molecule has 11 nitrogen and oxygen atoms in total. The Labute approximate surface area is 185 Å². The first-order valence-electron chi connectivity index (χ1n) is 9.96. The number of halogens is 1. The maximum Gasteiger partial charge on any atom is 0.267 e. The molecule has 0 fully saturated rings. The van der Waals surface area contributed by atoms with E-state index in [1.807, 2.05) is 6.92 Å². The van der Waals surface area contributed by atoms with E-state index in [2.05, 4.69) is 35.7 Å². The Hall–Kier alpha value is -4.61. The van der Waals surface area contributed by atoms with Crippen LogP contribution in [0.5, 0.6) is 0 Å². The second-order valence-electron chi connectivity index (χ2n) is 7.32. The van der Waals surface area contributed by atoms with Crippen LogP contribution in [-0.2, 0) is 0 Å². The van der Waals surface area contributed by atoms with Crippen LogP contribution < -0.4 is 16.6 Å². The minimum absolute atomic E-state index is 0.0234. The number of aromatic nitrogens is 7. The first-order chi connectivity index (χ1) is 15.9. The van der Waals surface area contributed by atoms with Crippen molar-refractivity contribution in [3.8, 4) is 17.3 Å². The molecule has 1 atom stereocenters. The predicted octanol–water partition coefficient (Wildman–Crippen LogP) is 2.76. The molecular formula is C21H18FN9O2. The lowest BCUT2D eigenvalue weighted by Crippen LogP contribution is -2.26. The number of anilines is 2. The standard InChI is InChI=1S/C21H18FN9O2/c1-10(27-19-17(18(23)24-9-25-19)20-30-28-11(2)33-20)14-8-12-4-3-5-13(22)16(12)21(32)31(14)15-6-7-26-29-15/h3-10H,1-2H3,(H,26,29)(H3,23,24,25,27)/t10-/m0/s1. The monoisotopic (exact) mass is 447 g/mol. The molecule has 4 aromatic heterocycles. The van der Waals surface area contributed by atoms with Crippen molar-refractivity contribution < 1.29 is 8.81 Å². The van der Waals surface area contributed by atoms with E-state index in [4.69, 9.17) is 10.2 Å². The molecular weight excluding hydrogens is 429 g/mol. The number of aryl methyl sites for hydroxylation is 1. The van der Waals surface area contributed by atoms with E-state index in [1.165, 1.54) is 17.0 Å². The second kappa shape index (κ2) is 7.82. The molecule has 5 rings (SSSR count). The van der Waals surface area contributed by atoms with Gasteiger partial charge in [0.15, 0.2) is 5.82 Å². The topological polar surface area (TPSA) is 153 Å². The molecule has 33 heavy (non-hydrogen) atoms. The maximum atomic E-state index is 14.5. The number of nitrogens with one attached hydrogen (secondary N) is 2. The van der Waals surface area contributed by atoms with Crippen molar-refractivity contribution in [2.75, 3.05) is 11.1 Å². The van der Waals surface area contributed by atoms with Crippen LogP contribution in [0, 0.1) is 12.7 Å². The summed E-state index contributed by atoms with van der Waals surface area (Å²) >= 11 is 0. The van der Waals surface area contributed by atoms with Gasteiger partial charge in [0, 0.05) is 19.2 Å². The number of benzene rings is 1. The van der Waals surface area contributed by atoms with Crippen LogP contribution in [0.25, 0.3) is 28.0 Å². The number of aromatic amines is 1. The molecule has 0 radical (unpaired) electrons. The van der Waals surface area contributed by atoms with E-state index in [1.54, 1.807) is 37.4 Å². The van der Waals surface area contributed by atoms with Gasteiger partial charge in [-0.3, -0.25) is 14.5 Å². The number of H-pyrrole nitrogens is 1. The maximum absolute atomic E-state index is 14.5. The fraction of sp³-hybridized carbons (Fsp3) is 0.143. The Morgan fingerprint density at radius 3 is 2.82 bits per heavy atom. The lowest BCUT2D eigenvalue weighted by atomic mass is 10.1. The van der Waals surface area contributed by atoms with Crippen LogP contribution in [0.1, 0.15) is 24.6 Å². The summed E-state index contributed by atoms with van der Waals surface area (Å²) < 4.78 is 21.4. The fourth-order valence-electron chi connectivity index (χ4n) is 3.67. The molecule has 166 valence electrons. The Bertz CT molecular complexity index is 1530. The molecule has 4 heterocycles. The zero-order chi connectivity index (χ0) is 23.1. The van der Waals surface area contributed by atoms with Gasteiger partial charge in [0.05, 0.1) is 17.1 Å². The van der Waals surface area contributed by atoms with Crippen molar-refractivity contribution in [3.63, 3.8) is 0 Å². The molecule has 0 saturated heterocycles. The van der Waals surface area contributed by atoms with E-state index in [0.717, 1.165) is 0 Å². The molecule has 1 aromatic carbocycles. The van der Waals surface area contributed by atoms with Gasteiger partial charge in [-0.05, 0) is 24.4 Å². The number of hydrogen-bond donors (Lipinski definition) is 3. The highest BCUT2D eigenvalue weighted by atomic mass is 19.1. The van der Waals surface area contributed by atoms with Crippen molar-refractivity contribution in [3.05, 3.63) is 70.6 Å². The van der Waals surface area contributed by atoms with Crippen LogP contribution >= 0.6 is 0 Å². The van der Waals surface area contributed by atoms with Gasteiger partial charge in [0.25, 0.3) is 11.4 Å². The Morgan fingerprint density at radius 2 is 2.09 bits per heavy atom. The summed E-state index contributed by atoms with van der Waals surface area (Å²) in [4.78, 5) is 21.6. The summed E-state index contributed by atoms with van der Waals surface area (Å²) in [6.45, 7) is 3.48. The summed E-state index contributed by atoms with van der Waals surface area (Å²) in [5, 5.41) is 18.3.